The number of amides is 1. The number of likely N-dealkylation sites (N-methyl/N-ethyl adjacent to an activating group) is 1. The van der Waals surface area contributed by atoms with Crippen LogP contribution in [0.25, 0.3) is 0 Å². The van der Waals surface area contributed by atoms with E-state index in [1.54, 1.807) is 6.92 Å². The highest BCUT2D eigenvalue weighted by Gasteiger charge is 2.16. The monoisotopic (exact) mass is 377 g/mol. The summed E-state index contributed by atoms with van der Waals surface area (Å²) in [4.78, 5) is 23.0. The Hall–Kier alpha value is -0.610. The first-order chi connectivity index (χ1) is 11.4. The van der Waals surface area contributed by atoms with Crippen LogP contribution in [0.2, 0.25) is 0 Å². The molecular formula is C20H42ClN2O2+. The van der Waals surface area contributed by atoms with Crippen molar-refractivity contribution in [3.63, 3.8) is 0 Å². The van der Waals surface area contributed by atoms with Gasteiger partial charge in [0.15, 0.2) is 5.78 Å². The summed E-state index contributed by atoms with van der Waals surface area (Å²) >= 11 is 0. The Kier molecular flexibility index (Phi) is 17.9. The van der Waals surface area contributed by atoms with Gasteiger partial charge in [-0.15, -0.1) is 12.4 Å². The quantitative estimate of drug-likeness (QED) is 0.318. The number of Topliss-reactive ketones (excluding diaryl/α,β-unsaturated/α-hetero) is 1. The number of ketones is 1. The van der Waals surface area contributed by atoms with Gasteiger partial charge in [-0.2, -0.15) is 0 Å². The van der Waals surface area contributed by atoms with Crippen LogP contribution in [0.15, 0.2) is 0 Å². The molecule has 0 saturated heterocycles. The summed E-state index contributed by atoms with van der Waals surface area (Å²) < 4.78 is 0.698. The third-order valence-electron chi connectivity index (χ3n) is 4.42. The molecule has 0 unspecified atom stereocenters. The average Bonchev–Trinajstić information content (AvgIpc) is 2.48. The highest BCUT2D eigenvalue weighted by molar-refractivity contribution is 5.85. The van der Waals surface area contributed by atoms with E-state index < -0.39 is 0 Å². The lowest BCUT2D eigenvalue weighted by Gasteiger charge is -2.28. The number of quaternary nitrogens is 1. The first-order valence-corrected chi connectivity index (χ1v) is 9.95. The number of halogens is 1. The van der Waals surface area contributed by atoms with E-state index in [1.165, 1.54) is 51.4 Å². The molecule has 0 aromatic carbocycles. The number of hydrogen-bond acceptors (Lipinski definition) is 2. The van der Waals surface area contributed by atoms with Crippen LogP contribution >= 0.6 is 12.4 Å². The molecule has 0 aromatic heterocycles. The minimum absolute atomic E-state index is 0. The molecule has 0 radical (unpaired) electrons. The number of rotatable bonds is 16. The largest absolute Gasteiger partial charge is 0.356 e. The van der Waals surface area contributed by atoms with Crippen molar-refractivity contribution < 1.29 is 14.1 Å². The maximum Gasteiger partial charge on any atom is 0.219 e. The van der Waals surface area contributed by atoms with Crippen molar-refractivity contribution in [1.29, 1.82) is 0 Å². The molecule has 25 heavy (non-hydrogen) atoms. The van der Waals surface area contributed by atoms with Gasteiger partial charge < -0.3 is 9.80 Å². The van der Waals surface area contributed by atoms with Gasteiger partial charge in [0.05, 0.1) is 20.6 Å². The van der Waals surface area contributed by atoms with E-state index in [-0.39, 0.29) is 24.1 Å². The molecule has 0 aliphatic carbocycles. The Balaban J connectivity index is 0. The van der Waals surface area contributed by atoms with Gasteiger partial charge in [0, 0.05) is 26.3 Å². The van der Waals surface area contributed by atoms with E-state index in [2.05, 4.69) is 26.3 Å². The Morgan fingerprint density at radius 1 is 0.840 bits per heavy atom. The molecule has 0 spiro atoms. The van der Waals surface area contributed by atoms with Crippen LogP contribution in [0.4, 0.5) is 0 Å². The van der Waals surface area contributed by atoms with E-state index in [9.17, 15) is 9.59 Å². The third-order valence-corrected chi connectivity index (χ3v) is 4.42. The second-order valence-electron chi connectivity index (χ2n) is 7.80. The molecule has 0 aliphatic rings. The number of hydrogen-bond donors (Lipinski definition) is 1. The van der Waals surface area contributed by atoms with Gasteiger partial charge >= 0.3 is 0 Å². The summed E-state index contributed by atoms with van der Waals surface area (Å²) in [5.41, 5.74) is 0. The molecule has 0 heterocycles. The standard InChI is InChI=1S/C20H40N2O2.ClH/c1-5-6-7-8-9-10-11-12-13-15-20(24)21-16-14-17-22(3,4)18-19(2)23;/h5-18H2,1-4H3;1H/p+1. The van der Waals surface area contributed by atoms with Gasteiger partial charge in [0.25, 0.3) is 0 Å². The predicted octanol–water partition coefficient (Wildman–Crippen LogP) is 4.50. The lowest BCUT2D eigenvalue weighted by Crippen LogP contribution is -2.44. The molecule has 0 bridgehead atoms. The summed E-state index contributed by atoms with van der Waals surface area (Å²) in [5, 5.41) is 3.00. The molecule has 1 amide bonds. The van der Waals surface area contributed by atoms with Crippen molar-refractivity contribution >= 4 is 24.1 Å². The molecular weight excluding hydrogens is 336 g/mol. The van der Waals surface area contributed by atoms with Crippen molar-refractivity contribution in [2.24, 2.45) is 0 Å². The predicted molar refractivity (Wildman–Crippen MR) is 109 cm³/mol. The van der Waals surface area contributed by atoms with Crippen LogP contribution in [-0.2, 0) is 9.59 Å². The molecule has 4 nitrogen and oxygen atoms in total. The topological polar surface area (TPSA) is 46.2 Å². The first-order valence-electron chi connectivity index (χ1n) is 9.95. The lowest BCUT2D eigenvalue weighted by atomic mass is 10.1. The molecule has 0 saturated carbocycles. The summed E-state index contributed by atoms with van der Waals surface area (Å²) in [5.74, 6) is 0.393. The van der Waals surface area contributed by atoms with Crippen LogP contribution < -0.4 is 5.32 Å². The maximum atomic E-state index is 11.8. The fraction of sp³-hybridized carbons (Fsp3) is 0.900. The molecule has 5 heteroatoms. The highest BCUT2D eigenvalue weighted by Crippen LogP contribution is 2.10. The Morgan fingerprint density at radius 2 is 1.36 bits per heavy atom. The van der Waals surface area contributed by atoms with Crippen molar-refractivity contribution in [3.05, 3.63) is 0 Å². The van der Waals surface area contributed by atoms with Crippen molar-refractivity contribution in [3.8, 4) is 0 Å². The van der Waals surface area contributed by atoms with Gasteiger partial charge in [0.2, 0.25) is 5.91 Å². The van der Waals surface area contributed by atoms with E-state index in [1.807, 2.05) is 0 Å². The van der Waals surface area contributed by atoms with Gasteiger partial charge in [-0.1, -0.05) is 58.3 Å². The van der Waals surface area contributed by atoms with Gasteiger partial charge in [-0.3, -0.25) is 9.59 Å². The van der Waals surface area contributed by atoms with Crippen molar-refractivity contribution in [2.45, 2.75) is 84.5 Å². The van der Waals surface area contributed by atoms with Gasteiger partial charge in [0.1, 0.15) is 6.54 Å². The van der Waals surface area contributed by atoms with Crippen LogP contribution in [0.5, 0.6) is 0 Å². The zero-order valence-corrected chi connectivity index (χ0v) is 17.9. The second kappa shape index (κ2) is 16.8. The first kappa shape index (κ1) is 26.6. The normalized spacial score (nSPS) is 11.0. The number of nitrogens with zero attached hydrogens (tertiary/aromatic N) is 1. The second-order valence-corrected chi connectivity index (χ2v) is 7.80. The lowest BCUT2D eigenvalue weighted by molar-refractivity contribution is -0.882. The van der Waals surface area contributed by atoms with Crippen LogP contribution in [0.3, 0.4) is 0 Å². The Morgan fingerprint density at radius 3 is 1.88 bits per heavy atom. The van der Waals surface area contributed by atoms with Crippen molar-refractivity contribution in [1.82, 2.24) is 5.32 Å². The molecule has 0 atom stereocenters. The summed E-state index contributed by atoms with van der Waals surface area (Å²) in [6.45, 7) is 6.07. The van der Waals surface area contributed by atoms with Crippen LogP contribution in [-0.4, -0.2) is 49.9 Å². The smallest absolute Gasteiger partial charge is 0.219 e. The molecule has 1 N–H and O–H groups in total. The van der Waals surface area contributed by atoms with Gasteiger partial charge in [-0.25, -0.2) is 0 Å². The Bertz CT molecular complexity index is 347. The molecule has 0 rings (SSSR count). The summed E-state index contributed by atoms with van der Waals surface area (Å²) in [6, 6.07) is 0. The molecule has 0 fully saturated rings. The van der Waals surface area contributed by atoms with Crippen LogP contribution in [0, 0.1) is 0 Å². The highest BCUT2D eigenvalue weighted by atomic mass is 35.5. The molecule has 150 valence electrons. The van der Waals surface area contributed by atoms with Gasteiger partial charge in [-0.05, 0) is 6.42 Å². The molecule has 0 aliphatic heterocycles. The number of carbonyl (C=O) groups is 2. The number of nitrogens with one attached hydrogen (secondary N) is 1. The maximum absolute atomic E-state index is 11.8. The Labute approximate surface area is 162 Å². The average molecular weight is 378 g/mol. The minimum Gasteiger partial charge on any atom is -0.356 e. The zero-order valence-electron chi connectivity index (χ0n) is 17.1. The fourth-order valence-corrected chi connectivity index (χ4v) is 3.10. The SMILES string of the molecule is CCCCCCCCCCCC(=O)NCCC[N+](C)(C)CC(C)=O.Cl. The number of carbonyl (C=O) groups excluding carboxylic acids is 2. The van der Waals surface area contributed by atoms with E-state index >= 15 is 0 Å². The fourth-order valence-electron chi connectivity index (χ4n) is 3.10. The minimum atomic E-state index is 0. The summed E-state index contributed by atoms with van der Waals surface area (Å²) in [7, 11) is 4.12. The van der Waals surface area contributed by atoms with E-state index in [0.717, 1.165) is 25.9 Å². The van der Waals surface area contributed by atoms with E-state index in [0.29, 0.717) is 17.4 Å². The molecule has 0 aromatic rings. The van der Waals surface area contributed by atoms with Crippen molar-refractivity contribution in [2.75, 3.05) is 33.7 Å². The van der Waals surface area contributed by atoms with E-state index in [4.69, 9.17) is 0 Å². The summed E-state index contributed by atoms with van der Waals surface area (Å²) in [6.07, 6.45) is 13.1. The van der Waals surface area contributed by atoms with Crippen LogP contribution in [0.1, 0.15) is 84.5 Å². The third kappa shape index (κ3) is 19.6. The number of unbranched alkanes of at least 4 members (excludes halogenated alkanes) is 8. The zero-order chi connectivity index (χ0) is 18.3.